The van der Waals surface area contributed by atoms with Crippen LogP contribution in [0, 0.1) is 0 Å². The van der Waals surface area contributed by atoms with Gasteiger partial charge in [0.15, 0.2) is 0 Å². The van der Waals surface area contributed by atoms with Crippen molar-refractivity contribution >= 4 is 6.09 Å². The monoisotopic (exact) mass is 244 g/mol. The standard InChI is InChI=1S/C12H24N2O3/c1-12(2,3)17-11(16)14(4)8-10(15)7-13-9-5-6-9/h9-10,13,15H,5-8H2,1-4H3. The Labute approximate surface area is 103 Å². The largest absolute Gasteiger partial charge is 0.444 e. The first-order valence-corrected chi connectivity index (χ1v) is 6.13. The van der Waals surface area contributed by atoms with Crippen LogP contribution in [-0.2, 0) is 4.74 Å². The molecule has 0 aromatic rings. The molecule has 100 valence electrons. The van der Waals surface area contributed by atoms with Crippen LogP contribution in [0.15, 0.2) is 0 Å². The summed E-state index contributed by atoms with van der Waals surface area (Å²) in [6.07, 6.45) is 1.43. The van der Waals surface area contributed by atoms with E-state index in [1.807, 2.05) is 20.8 Å². The van der Waals surface area contributed by atoms with Crippen LogP contribution in [0.25, 0.3) is 0 Å². The summed E-state index contributed by atoms with van der Waals surface area (Å²) in [6, 6.07) is 0.566. The summed E-state index contributed by atoms with van der Waals surface area (Å²) in [5.74, 6) is 0. The van der Waals surface area contributed by atoms with Crippen LogP contribution in [0.2, 0.25) is 0 Å². The second kappa shape index (κ2) is 5.69. The third kappa shape index (κ3) is 6.48. The number of aliphatic hydroxyl groups excluding tert-OH is 1. The summed E-state index contributed by atoms with van der Waals surface area (Å²) < 4.78 is 5.19. The fraction of sp³-hybridized carbons (Fsp3) is 0.917. The number of rotatable bonds is 5. The van der Waals surface area contributed by atoms with Crippen molar-refractivity contribution in [1.29, 1.82) is 0 Å². The number of hydrogen-bond donors (Lipinski definition) is 2. The molecule has 1 rings (SSSR count). The molecule has 0 spiro atoms. The van der Waals surface area contributed by atoms with Gasteiger partial charge in [0.2, 0.25) is 0 Å². The third-order valence-corrected chi connectivity index (χ3v) is 2.41. The van der Waals surface area contributed by atoms with E-state index >= 15 is 0 Å². The molecule has 1 aliphatic carbocycles. The quantitative estimate of drug-likeness (QED) is 0.756. The van der Waals surface area contributed by atoms with Crippen LogP contribution in [0.3, 0.4) is 0 Å². The molecule has 1 atom stereocenters. The van der Waals surface area contributed by atoms with Crippen LogP contribution >= 0.6 is 0 Å². The zero-order valence-corrected chi connectivity index (χ0v) is 11.2. The lowest BCUT2D eigenvalue weighted by atomic mass is 10.2. The van der Waals surface area contributed by atoms with Crippen LogP contribution in [0.5, 0.6) is 0 Å². The number of amides is 1. The summed E-state index contributed by atoms with van der Waals surface area (Å²) in [7, 11) is 1.63. The number of nitrogens with one attached hydrogen (secondary N) is 1. The number of nitrogens with zero attached hydrogens (tertiary/aromatic N) is 1. The summed E-state index contributed by atoms with van der Waals surface area (Å²) in [5, 5.41) is 13.0. The first-order chi connectivity index (χ1) is 7.78. The minimum atomic E-state index is -0.548. The average Bonchev–Trinajstić information content (AvgIpc) is 2.95. The summed E-state index contributed by atoms with van der Waals surface area (Å²) in [6.45, 7) is 6.28. The Hall–Kier alpha value is -0.810. The molecule has 5 nitrogen and oxygen atoms in total. The molecule has 1 saturated carbocycles. The molecule has 1 aliphatic rings. The van der Waals surface area contributed by atoms with E-state index in [9.17, 15) is 9.90 Å². The van der Waals surface area contributed by atoms with Gasteiger partial charge in [0.1, 0.15) is 5.60 Å². The summed E-state index contributed by atoms with van der Waals surface area (Å²) in [5.41, 5.74) is -0.497. The molecule has 2 N–H and O–H groups in total. The Morgan fingerprint density at radius 2 is 2.12 bits per heavy atom. The third-order valence-electron chi connectivity index (χ3n) is 2.41. The number of hydrogen-bond acceptors (Lipinski definition) is 4. The second-order valence-corrected chi connectivity index (χ2v) is 5.70. The topological polar surface area (TPSA) is 61.8 Å². The lowest BCUT2D eigenvalue weighted by molar-refractivity contribution is 0.0207. The van der Waals surface area contributed by atoms with E-state index in [-0.39, 0.29) is 6.54 Å². The maximum Gasteiger partial charge on any atom is 0.410 e. The molecule has 17 heavy (non-hydrogen) atoms. The highest BCUT2D eigenvalue weighted by Crippen LogP contribution is 2.18. The van der Waals surface area contributed by atoms with Gasteiger partial charge in [-0.25, -0.2) is 4.79 Å². The number of aliphatic hydroxyl groups is 1. The van der Waals surface area contributed by atoms with Gasteiger partial charge in [-0.15, -0.1) is 0 Å². The van der Waals surface area contributed by atoms with Gasteiger partial charge in [-0.2, -0.15) is 0 Å². The van der Waals surface area contributed by atoms with Gasteiger partial charge in [0.25, 0.3) is 0 Å². The smallest absolute Gasteiger partial charge is 0.410 e. The minimum Gasteiger partial charge on any atom is -0.444 e. The van der Waals surface area contributed by atoms with Crippen molar-refractivity contribution in [2.45, 2.75) is 51.4 Å². The van der Waals surface area contributed by atoms with Crippen LogP contribution < -0.4 is 5.32 Å². The van der Waals surface area contributed by atoms with Gasteiger partial charge >= 0.3 is 6.09 Å². The number of ether oxygens (including phenoxy) is 1. The predicted octanol–water partition coefficient (Wildman–Crippen LogP) is 0.966. The number of carbonyl (C=O) groups is 1. The molecule has 1 fully saturated rings. The maximum atomic E-state index is 11.6. The van der Waals surface area contributed by atoms with Crippen molar-refractivity contribution < 1.29 is 14.6 Å². The molecule has 1 unspecified atom stereocenters. The van der Waals surface area contributed by atoms with Crippen LogP contribution in [0.4, 0.5) is 4.79 Å². The minimum absolute atomic E-state index is 0.286. The van der Waals surface area contributed by atoms with Gasteiger partial charge in [0, 0.05) is 19.6 Å². The Balaban J connectivity index is 2.21. The SMILES string of the molecule is CN(CC(O)CNC1CC1)C(=O)OC(C)(C)C. The van der Waals surface area contributed by atoms with Crippen molar-refractivity contribution in [3.63, 3.8) is 0 Å². The maximum absolute atomic E-state index is 11.6. The average molecular weight is 244 g/mol. The molecule has 1 amide bonds. The first-order valence-electron chi connectivity index (χ1n) is 6.13. The van der Waals surface area contributed by atoms with Crippen LogP contribution in [-0.4, -0.2) is 54.0 Å². The molecular formula is C12H24N2O3. The van der Waals surface area contributed by atoms with Gasteiger partial charge in [-0.05, 0) is 33.6 Å². The van der Waals surface area contributed by atoms with E-state index in [2.05, 4.69) is 5.32 Å². The van der Waals surface area contributed by atoms with E-state index in [1.165, 1.54) is 17.7 Å². The Morgan fingerprint density at radius 1 is 1.53 bits per heavy atom. The highest BCUT2D eigenvalue weighted by molar-refractivity contribution is 5.67. The van der Waals surface area contributed by atoms with E-state index in [0.29, 0.717) is 12.6 Å². The van der Waals surface area contributed by atoms with Gasteiger partial charge in [-0.1, -0.05) is 0 Å². The fourth-order valence-electron chi connectivity index (χ4n) is 1.39. The van der Waals surface area contributed by atoms with E-state index in [1.54, 1.807) is 7.05 Å². The number of carbonyl (C=O) groups excluding carboxylic acids is 1. The molecule has 0 aliphatic heterocycles. The molecule has 0 saturated heterocycles. The van der Waals surface area contributed by atoms with E-state index in [0.717, 1.165) is 0 Å². The van der Waals surface area contributed by atoms with Crippen molar-refractivity contribution in [3.8, 4) is 0 Å². The molecule has 0 bridgehead atoms. The van der Waals surface area contributed by atoms with E-state index in [4.69, 9.17) is 4.74 Å². The normalized spacial score (nSPS) is 17.7. The van der Waals surface area contributed by atoms with Crippen LogP contribution in [0.1, 0.15) is 33.6 Å². The van der Waals surface area contributed by atoms with Gasteiger partial charge < -0.3 is 20.1 Å². The summed E-state index contributed by atoms with van der Waals surface area (Å²) in [4.78, 5) is 13.0. The van der Waals surface area contributed by atoms with E-state index < -0.39 is 17.8 Å². The predicted molar refractivity (Wildman–Crippen MR) is 65.9 cm³/mol. The molecule has 5 heteroatoms. The second-order valence-electron chi connectivity index (χ2n) is 5.70. The zero-order valence-electron chi connectivity index (χ0n) is 11.2. The fourth-order valence-corrected chi connectivity index (χ4v) is 1.39. The Morgan fingerprint density at radius 3 is 2.59 bits per heavy atom. The van der Waals surface area contributed by atoms with Gasteiger partial charge in [0.05, 0.1) is 12.6 Å². The van der Waals surface area contributed by atoms with Crippen molar-refractivity contribution in [1.82, 2.24) is 10.2 Å². The van der Waals surface area contributed by atoms with Crippen molar-refractivity contribution in [3.05, 3.63) is 0 Å². The highest BCUT2D eigenvalue weighted by atomic mass is 16.6. The Bertz CT molecular complexity index is 259. The zero-order chi connectivity index (χ0) is 13.1. The molecular weight excluding hydrogens is 220 g/mol. The number of likely N-dealkylation sites (N-methyl/N-ethyl adjacent to an activating group) is 1. The molecule has 0 heterocycles. The highest BCUT2D eigenvalue weighted by Gasteiger charge is 2.24. The van der Waals surface area contributed by atoms with Crippen molar-refractivity contribution in [2.24, 2.45) is 0 Å². The Kier molecular flexibility index (Phi) is 4.77. The molecule has 0 aromatic heterocycles. The first kappa shape index (κ1) is 14.3. The lowest BCUT2D eigenvalue weighted by Gasteiger charge is -2.26. The van der Waals surface area contributed by atoms with Gasteiger partial charge in [-0.3, -0.25) is 0 Å². The van der Waals surface area contributed by atoms with Crippen molar-refractivity contribution in [2.75, 3.05) is 20.1 Å². The summed E-state index contributed by atoms with van der Waals surface area (Å²) >= 11 is 0. The lowest BCUT2D eigenvalue weighted by Crippen LogP contribution is -2.42. The molecule has 0 aromatic carbocycles. The molecule has 0 radical (unpaired) electrons.